The molecule has 5 heteroatoms. The van der Waals surface area contributed by atoms with Crippen LogP contribution in [0.1, 0.15) is 10.4 Å². The SMILES string of the molecule is CN(C)c1c(F)cc(C(=O)Cl)cc1F. The summed E-state index contributed by atoms with van der Waals surface area (Å²) in [5.74, 6) is -1.61. The predicted octanol–water partition coefficient (Wildman–Crippen LogP) is 2.41. The maximum absolute atomic E-state index is 13.2. The summed E-state index contributed by atoms with van der Waals surface area (Å²) in [6.07, 6.45) is 0. The highest BCUT2D eigenvalue weighted by atomic mass is 35.5. The van der Waals surface area contributed by atoms with Gasteiger partial charge in [0.25, 0.3) is 5.24 Å². The fraction of sp³-hybridized carbons (Fsp3) is 0.222. The van der Waals surface area contributed by atoms with E-state index in [2.05, 4.69) is 0 Å². The van der Waals surface area contributed by atoms with E-state index in [1.54, 1.807) is 0 Å². The highest BCUT2D eigenvalue weighted by molar-refractivity contribution is 6.67. The van der Waals surface area contributed by atoms with Gasteiger partial charge in [-0.2, -0.15) is 0 Å². The zero-order valence-corrected chi connectivity index (χ0v) is 8.40. The van der Waals surface area contributed by atoms with Gasteiger partial charge in [-0.25, -0.2) is 8.78 Å². The number of nitrogens with zero attached hydrogens (tertiary/aromatic N) is 1. The number of rotatable bonds is 2. The Hall–Kier alpha value is -1.16. The summed E-state index contributed by atoms with van der Waals surface area (Å²) in [7, 11) is 3.01. The molecular formula is C9H8ClF2NO. The molecule has 2 nitrogen and oxygen atoms in total. The van der Waals surface area contributed by atoms with Crippen molar-refractivity contribution in [3.05, 3.63) is 29.3 Å². The summed E-state index contributed by atoms with van der Waals surface area (Å²) in [5, 5.41) is -0.881. The molecule has 0 fully saturated rings. The second kappa shape index (κ2) is 3.92. The van der Waals surface area contributed by atoms with Gasteiger partial charge in [-0.15, -0.1) is 0 Å². The molecule has 0 bridgehead atoms. The molecule has 1 rings (SSSR count). The fourth-order valence-corrected chi connectivity index (χ4v) is 1.22. The van der Waals surface area contributed by atoms with Gasteiger partial charge in [0.1, 0.15) is 17.3 Å². The Bertz CT molecular complexity index is 356. The Morgan fingerprint density at radius 1 is 1.29 bits per heavy atom. The highest BCUT2D eigenvalue weighted by Gasteiger charge is 2.15. The third kappa shape index (κ3) is 2.01. The van der Waals surface area contributed by atoms with Crippen molar-refractivity contribution < 1.29 is 13.6 Å². The number of carbonyl (C=O) groups excluding carboxylic acids is 1. The molecule has 0 aromatic heterocycles. The second-order valence-corrected chi connectivity index (χ2v) is 3.30. The van der Waals surface area contributed by atoms with Crippen LogP contribution in [0.3, 0.4) is 0 Å². The number of hydrogen-bond acceptors (Lipinski definition) is 2. The van der Waals surface area contributed by atoms with Crippen molar-refractivity contribution in [2.45, 2.75) is 0 Å². The molecule has 0 saturated carbocycles. The lowest BCUT2D eigenvalue weighted by atomic mass is 10.2. The molecule has 0 unspecified atom stereocenters. The Morgan fingerprint density at radius 2 is 1.71 bits per heavy atom. The Kier molecular flexibility index (Phi) is 3.06. The van der Waals surface area contributed by atoms with Crippen molar-refractivity contribution in [2.24, 2.45) is 0 Å². The molecule has 0 spiro atoms. The summed E-state index contributed by atoms with van der Waals surface area (Å²) in [6.45, 7) is 0. The van der Waals surface area contributed by atoms with Crippen LogP contribution >= 0.6 is 11.6 Å². The van der Waals surface area contributed by atoms with E-state index in [9.17, 15) is 13.6 Å². The van der Waals surface area contributed by atoms with E-state index < -0.39 is 16.9 Å². The first-order chi connectivity index (χ1) is 6.43. The van der Waals surface area contributed by atoms with Gasteiger partial charge in [0, 0.05) is 19.7 Å². The molecule has 76 valence electrons. The van der Waals surface area contributed by atoms with Gasteiger partial charge in [-0.1, -0.05) is 0 Å². The lowest BCUT2D eigenvalue weighted by Gasteiger charge is -2.14. The molecule has 0 heterocycles. The number of hydrogen-bond donors (Lipinski definition) is 0. The molecule has 0 radical (unpaired) electrons. The van der Waals surface area contributed by atoms with Crippen LogP contribution in [0.15, 0.2) is 12.1 Å². The van der Waals surface area contributed by atoms with Gasteiger partial charge >= 0.3 is 0 Å². The molecule has 0 aliphatic rings. The van der Waals surface area contributed by atoms with Gasteiger partial charge in [-0.3, -0.25) is 4.79 Å². The van der Waals surface area contributed by atoms with Crippen LogP contribution in [0.2, 0.25) is 0 Å². The highest BCUT2D eigenvalue weighted by Crippen LogP contribution is 2.23. The van der Waals surface area contributed by atoms with Crippen molar-refractivity contribution in [3.63, 3.8) is 0 Å². The summed E-state index contributed by atoms with van der Waals surface area (Å²) in [6, 6.07) is 1.82. The average molecular weight is 220 g/mol. The van der Waals surface area contributed by atoms with E-state index in [1.165, 1.54) is 19.0 Å². The summed E-state index contributed by atoms with van der Waals surface area (Å²) < 4.78 is 26.5. The lowest BCUT2D eigenvalue weighted by Crippen LogP contribution is -2.13. The van der Waals surface area contributed by atoms with Gasteiger partial charge in [0.05, 0.1) is 0 Å². The standard InChI is InChI=1S/C9H8ClF2NO/c1-13(2)8-6(11)3-5(9(10)14)4-7(8)12/h3-4H,1-2H3. The van der Waals surface area contributed by atoms with Crippen LogP contribution in [0, 0.1) is 11.6 Å². The third-order valence-corrected chi connectivity index (χ3v) is 1.91. The van der Waals surface area contributed by atoms with Crippen LogP contribution < -0.4 is 4.90 Å². The Morgan fingerprint density at radius 3 is 2.00 bits per heavy atom. The second-order valence-electron chi connectivity index (χ2n) is 2.96. The quantitative estimate of drug-likeness (QED) is 0.712. The summed E-state index contributed by atoms with van der Waals surface area (Å²) >= 11 is 5.09. The molecule has 0 atom stereocenters. The van der Waals surface area contributed by atoms with Gasteiger partial charge in [-0.05, 0) is 23.7 Å². The number of carbonyl (C=O) groups is 1. The first-order valence-corrected chi connectivity index (χ1v) is 4.17. The third-order valence-electron chi connectivity index (χ3n) is 1.69. The minimum absolute atomic E-state index is 0.188. The minimum Gasteiger partial charge on any atom is -0.373 e. The van der Waals surface area contributed by atoms with Gasteiger partial charge in [0.2, 0.25) is 0 Å². The minimum atomic E-state index is -0.881. The van der Waals surface area contributed by atoms with E-state index >= 15 is 0 Å². The first-order valence-electron chi connectivity index (χ1n) is 3.79. The average Bonchev–Trinajstić information content (AvgIpc) is 2.01. The van der Waals surface area contributed by atoms with Crippen LogP contribution in [0.25, 0.3) is 0 Å². The van der Waals surface area contributed by atoms with Crippen molar-refractivity contribution >= 4 is 22.5 Å². The molecule has 0 aliphatic carbocycles. The molecule has 14 heavy (non-hydrogen) atoms. The molecule has 1 aromatic rings. The molecule has 0 saturated heterocycles. The zero-order valence-electron chi connectivity index (χ0n) is 7.64. The summed E-state index contributed by atoms with van der Waals surface area (Å²) in [5.41, 5.74) is -0.376. The van der Waals surface area contributed by atoms with E-state index in [1.807, 2.05) is 0 Å². The monoisotopic (exact) mass is 219 g/mol. The number of benzene rings is 1. The molecule has 0 N–H and O–H groups in total. The first kappa shape index (κ1) is 10.9. The van der Waals surface area contributed by atoms with Crippen LogP contribution in [-0.4, -0.2) is 19.3 Å². The fourth-order valence-electron chi connectivity index (χ4n) is 1.11. The van der Waals surface area contributed by atoms with E-state index in [0.29, 0.717) is 0 Å². The number of anilines is 1. The van der Waals surface area contributed by atoms with Crippen LogP contribution in [-0.2, 0) is 0 Å². The van der Waals surface area contributed by atoms with Crippen molar-refractivity contribution in [1.82, 2.24) is 0 Å². The zero-order chi connectivity index (χ0) is 10.9. The van der Waals surface area contributed by atoms with Crippen molar-refractivity contribution in [3.8, 4) is 0 Å². The normalized spacial score (nSPS) is 10.1. The maximum atomic E-state index is 13.2. The van der Waals surface area contributed by atoms with Gasteiger partial charge < -0.3 is 4.90 Å². The predicted molar refractivity (Wildman–Crippen MR) is 50.9 cm³/mol. The molecule has 1 aromatic carbocycles. The van der Waals surface area contributed by atoms with Crippen molar-refractivity contribution in [2.75, 3.05) is 19.0 Å². The van der Waals surface area contributed by atoms with E-state index in [0.717, 1.165) is 12.1 Å². The molecule has 0 amide bonds. The lowest BCUT2D eigenvalue weighted by molar-refractivity contribution is 0.108. The van der Waals surface area contributed by atoms with Gasteiger partial charge in [0.15, 0.2) is 0 Å². The molecular weight excluding hydrogens is 212 g/mol. The topological polar surface area (TPSA) is 20.3 Å². The number of halogens is 3. The van der Waals surface area contributed by atoms with Crippen LogP contribution in [0.5, 0.6) is 0 Å². The van der Waals surface area contributed by atoms with E-state index in [-0.39, 0.29) is 11.3 Å². The smallest absolute Gasteiger partial charge is 0.252 e. The molecule has 0 aliphatic heterocycles. The Labute approximate surface area is 85.1 Å². The summed E-state index contributed by atoms with van der Waals surface area (Å²) in [4.78, 5) is 11.9. The van der Waals surface area contributed by atoms with E-state index in [4.69, 9.17) is 11.6 Å². The maximum Gasteiger partial charge on any atom is 0.252 e. The van der Waals surface area contributed by atoms with Crippen LogP contribution in [0.4, 0.5) is 14.5 Å². The van der Waals surface area contributed by atoms with Crippen molar-refractivity contribution in [1.29, 1.82) is 0 Å². The Balaban J connectivity index is 3.32. The largest absolute Gasteiger partial charge is 0.373 e.